The molecule has 0 bridgehead atoms. The number of aliphatic hydroxyl groups is 1. The summed E-state index contributed by atoms with van der Waals surface area (Å²) in [6, 6.07) is 3.83. The third kappa shape index (κ3) is 3.83. The van der Waals surface area contributed by atoms with E-state index in [9.17, 15) is 9.59 Å². The van der Waals surface area contributed by atoms with Gasteiger partial charge < -0.3 is 20.1 Å². The second-order valence-corrected chi connectivity index (χ2v) is 8.13. The number of fused-ring (bicyclic) bond motifs is 1. The zero-order chi connectivity index (χ0) is 19.6. The lowest BCUT2D eigenvalue weighted by atomic mass is 9.95. The van der Waals surface area contributed by atoms with Crippen molar-refractivity contribution in [3.8, 4) is 0 Å². The van der Waals surface area contributed by atoms with E-state index < -0.39 is 5.60 Å². The van der Waals surface area contributed by atoms with Crippen LogP contribution in [0, 0.1) is 0 Å². The number of carbonyl (C=O) groups is 2. The predicted molar refractivity (Wildman–Crippen MR) is 104 cm³/mol. The van der Waals surface area contributed by atoms with Gasteiger partial charge in [-0.05, 0) is 31.9 Å². The molecule has 2 aromatic heterocycles. The molecular formula is C19H25N3O4S. The van der Waals surface area contributed by atoms with Crippen LogP contribution in [0.5, 0.6) is 0 Å². The van der Waals surface area contributed by atoms with E-state index in [0.717, 1.165) is 22.2 Å². The van der Waals surface area contributed by atoms with Gasteiger partial charge in [-0.15, -0.1) is 11.3 Å². The zero-order valence-electron chi connectivity index (χ0n) is 15.8. The SMILES string of the molecule is COC(C)(C)C(=O)N1CC[C@@H](c2c(C(=O)NCCO)sc3ncccc23)C1. The third-order valence-electron chi connectivity index (χ3n) is 5.02. The predicted octanol–water partition coefficient (Wildman–Crippen LogP) is 1.76. The van der Waals surface area contributed by atoms with Crippen LogP contribution in [-0.2, 0) is 9.53 Å². The van der Waals surface area contributed by atoms with Crippen LogP contribution in [0.3, 0.4) is 0 Å². The first-order chi connectivity index (χ1) is 12.9. The Bertz CT molecular complexity index is 849. The molecule has 1 aliphatic heterocycles. The van der Waals surface area contributed by atoms with Gasteiger partial charge in [-0.1, -0.05) is 6.07 Å². The van der Waals surface area contributed by atoms with Gasteiger partial charge in [0.1, 0.15) is 10.4 Å². The van der Waals surface area contributed by atoms with Crippen LogP contribution < -0.4 is 5.32 Å². The Morgan fingerprint density at radius 2 is 2.26 bits per heavy atom. The molecule has 1 atom stereocenters. The summed E-state index contributed by atoms with van der Waals surface area (Å²) >= 11 is 1.36. The van der Waals surface area contributed by atoms with Gasteiger partial charge in [0.25, 0.3) is 11.8 Å². The van der Waals surface area contributed by atoms with Gasteiger partial charge in [0, 0.05) is 44.2 Å². The molecule has 3 rings (SSSR count). The van der Waals surface area contributed by atoms with E-state index in [-0.39, 0.29) is 30.9 Å². The lowest BCUT2D eigenvalue weighted by Gasteiger charge is -2.28. The Morgan fingerprint density at radius 3 is 2.96 bits per heavy atom. The van der Waals surface area contributed by atoms with Gasteiger partial charge in [0.05, 0.1) is 11.5 Å². The molecule has 0 aliphatic carbocycles. The maximum atomic E-state index is 12.7. The van der Waals surface area contributed by atoms with Gasteiger partial charge >= 0.3 is 0 Å². The number of nitrogens with one attached hydrogen (secondary N) is 1. The molecule has 0 unspecified atom stereocenters. The number of hydrogen-bond donors (Lipinski definition) is 2. The van der Waals surface area contributed by atoms with Crippen molar-refractivity contribution in [3.63, 3.8) is 0 Å². The lowest BCUT2D eigenvalue weighted by molar-refractivity contribution is -0.149. The standard InChI is InChI=1S/C19H25N3O4S/c1-19(2,26-3)18(25)22-9-6-12(11-22)14-13-5-4-7-21-17(13)27-15(14)16(24)20-8-10-23/h4-5,7,12,23H,6,8-11H2,1-3H3,(H,20,24)/t12-/m1/s1. The number of thiophene rings is 1. The summed E-state index contributed by atoms with van der Waals surface area (Å²) in [7, 11) is 1.53. The summed E-state index contributed by atoms with van der Waals surface area (Å²) in [4.78, 5) is 33.0. The van der Waals surface area contributed by atoms with E-state index >= 15 is 0 Å². The Labute approximate surface area is 162 Å². The van der Waals surface area contributed by atoms with E-state index in [1.165, 1.54) is 18.4 Å². The van der Waals surface area contributed by atoms with Crippen LogP contribution in [0.4, 0.5) is 0 Å². The van der Waals surface area contributed by atoms with Crippen molar-refractivity contribution in [2.75, 3.05) is 33.4 Å². The molecular weight excluding hydrogens is 366 g/mol. The summed E-state index contributed by atoms with van der Waals surface area (Å²) in [5.74, 6) is -0.185. The van der Waals surface area contributed by atoms with Crippen molar-refractivity contribution >= 4 is 33.4 Å². The molecule has 3 heterocycles. The number of hydrogen-bond acceptors (Lipinski definition) is 6. The lowest BCUT2D eigenvalue weighted by Crippen LogP contribution is -2.45. The van der Waals surface area contributed by atoms with Gasteiger partial charge in [0.15, 0.2) is 0 Å². The van der Waals surface area contributed by atoms with Crippen LogP contribution in [0.15, 0.2) is 18.3 Å². The highest BCUT2D eigenvalue weighted by atomic mass is 32.1. The average Bonchev–Trinajstić information content (AvgIpc) is 3.29. The van der Waals surface area contributed by atoms with Crippen LogP contribution in [0.25, 0.3) is 10.2 Å². The quantitative estimate of drug-likeness (QED) is 0.783. The number of methoxy groups -OCH3 is 1. The van der Waals surface area contributed by atoms with Crippen molar-refractivity contribution in [1.82, 2.24) is 15.2 Å². The number of ether oxygens (including phenoxy) is 1. The van der Waals surface area contributed by atoms with E-state index in [1.54, 1.807) is 20.0 Å². The molecule has 2 N–H and O–H groups in total. The molecule has 7 nitrogen and oxygen atoms in total. The number of aliphatic hydroxyl groups excluding tert-OH is 1. The second kappa shape index (κ2) is 7.92. The molecule has 0 aromatic carbocycles. The van der Waals surface area contributed by atoms with Crippen molar-refractivity contribution in [3.05, 3.63) is 28.8 Å². The van der Waals surface area contributed by atoms with Crippen LogP contribution in [0.2, 0.25) is 0 Å². The summed E-state index contributed by atoms with van der Waals surface area (Å²) in [5.41, 5.74) is 0.0816. The summed E-state index contributed by atoms with van der Waals surface area (Å²) in [6.07, 6.45) is 2.50. The number of nitrogens with zero attached hydrogens (tertiary/aromatic N) is 2. The van der Waals surface area contributed by atoms with Crippen molar-refractivity contribution < 1.29 is 19.4 Å². The zero-order valence-corrected chi connectivity index (χ0v) is 16.6. The minimum atomic E-state index is -0.867. The minimum Gasteiger partial charge on any atom is -0.395 e. The molecule has 0 spiro atoms. The fourth-order valence-electron chi connectivity index (χ4n) is 3.42. The summed E-state index contributed by atoms with van der Waals surface area (Å²) in [6.45, 7) is 4.80. The van der Waals surface area contributed by atoms with Crippen molar-refractivity contribution in [2.24, 2.45) is 0 Å². The minimum absolute atomic E-state index is 0.0450. The van der Waals surface area contributed by atoms with Crippen LogP contribution in [0.1, 0.15) is 41.4 Å². The fourth-order valence-corrected chi connectivity index (χ4v) is 4.57. The second-order valence-electron chi connectivity index (χ2n) is 7.13. The Kier molecular flexibility index (Phi) is 5.78. The fraction of sp³-hybridized carbons (Fsp3) is 0.526. The van der Waals surface area contributed by atoms with Crippen molar-refractivity contribution in [2.45, 2.75) is 31.8 Å². The monoisotopic (exact) mass is 391 g/mol. The smallest absolute Gasteiger partial charge is 0.261 e. The Balaban J connectivity index is 1.92. The third-order valence-corrected chi connectivity index (χ3v) is 6.15. The first-order valence-corrected chi connectivity index (χ1v) is 9.81. The largest absolute Gasteiger partial charge is 0.395 e. The van der Waals surface area contributed by atoms with Gasteiger partial charge in [-0.3, -0.25) is 9.59 Å². The van der Waals surface area contributed by atoms with Crippen molar-refractivity contribution in [1.29, 1.82) is 0 Å². The van der Waals surface area contributed by atoms with E-state index in [4.69, 9.17) is 9.84 Å². The molecule has 0 saturated carbocycles. The number of amides is 2. The van der Waals surface area contributed by atoms with E-state index in [1.807, 2.05) is 17.0 Å². The van der Waals surface area contributed by atoms with Gasteiger partial charge in [-0.2, -0.15) is 0 Å². The molecule has 1 fully saturated rings. The topological polar surface area (TPSA) is 91.8 Å². The van der Waals surface area contributed by atoms with E-state index in [2.05, 4.69) is 10.3 Å². The number of likely N-dealkylation sites (tertiary alicyclic amines) is 1. The molecule has 0 radical (unpaired) electrons. The molecule has 146 valence electrons. The van der Waals surface area contributed by atoms with E-state index in [0.29, 0.717) is 18.0 Å². The number of carbonyl (C=O) groups excluding carboxylic acids is 2. The first kappa shape index (κ1) is 19.7. The summed E-state index contributed by atoms with van der Waals surface area (Å²) < 4.78 is 5.33. The van der Waals surface area contributed by atoms with Crippen LogP contribution >= 0.6 is 11.3 Å². The average molecular weight is 391 g/mol. The molecule has 27 heavy (non-hydrogen) atoms. The highest BCUT2D eigenvalue weighted by Crippen LogP contribution is 2.39. The molecule has 1 aliphatic rings. The maximum Gasteiger partial charge on any atom is 0.261 e. The highest BCUT2D eigenvalue weighted by Gasteiger charge is 2.38. The highest BCUT2D eigenvalue weighted by molar-refractivity contribution is 7.20. The molecule has 2 amide bonds. The first-order valence-electron chi connectivity index (χ1n) is 9.00. The Hall–Kier alpha value is -2.03. The Morgan fingerprint density at radius 1 is 1.48 bits per heavy atom. The van der Waals surface area contributed by atoms with Gasteiger partial charge in [0.2, 0.25) is 0 Å². The normalized spacial score (nSPS) is 17.5. The summed E-state index contributed by atoms with van der Waals surface area (Å²) in [5, 5.41) is 12.7. The number of pyridine rings is 1. The maximum absolute atomic E-state index is 12.7. The molecule has 2 aromatic rings. The van der Waals surface area contributed by atoms with Gasteiger partial charge in [-0.25, -0.2) is 4.98 Å². The molecule has 1 saturated heterocycles. The number of rotatable bonds is 6. The number of aromatic nitrogens is 1. The van der Waals surface area contributed by atoms with Crippen LogP contribution in [-0.4, -0.2) is 65.8 Å². The molecule has 8 heteroatoms.